The molecule has 0 aliphatic carbocycles. The average Bonchev–Trinajstić information content (AvgIpc) is 3.50. The third-order valence-electron chi connectivity index (χ3n) is 8.44. The summed E-state index contributed by atoms with van der Waals surface area (Å²) in [6.45, 7) is 10.5. The van der Waals surface area contributed by atoms with Crippen LogP contribution in [0.2, 0.25) is 0 Å². The molecule has 2 aromatic heterocycles. The van der Waals surface area contributed by atoms with Crippen molar-refractivity contribution in [1.29, 1.82) is 0 Å². The van der Waals surface area contributed by atoms with Gasteiger partial charge in [-0.1, -0.05) is 15.9 Å². The molecule has 0 saturated carbocycles. The van der Waals surface area contributed by atoms with Crippen LogP contribution in [0.25, 0.3) is 22.9 Å². The molecule has 12 heteroatoms. The maximum atomic E-state index is 12.7. The van der Waals surface area contributed by atoms with E-state index in [1.807, 2.05) is 58.0 Å². The van der Waals surface area contributed by atoms with Crippen LogP contribution in [-0.4, -0.2) is 84.1 Å². The molecule has 1 aromatic carbocycles. The Labute approximate surface area is 267 Å². The van der Waals surface area contributed by atoms with E-state index in [0.29, 0.717) is 44.3 Å². The summed E-state index contributed by atoms with van der Waals surface area (Å²) in [6.07, 6.45) is 4.62. The number of anilines is 2. The first kappa shape index (κ1) is 31.7. The molecule has 2 fully saturated rings. The Bertz CT molecular complexity index is 1500. The van der Waals surface area contributed by atoms with Crippen molar-refractivity contribution in [3.05, 3.63) is 41.0 Å². The van der Waals surface area contributed by atoms with Gasteiger partial charge in [0.25, 0.3) is 0 Å². The number of halogens is 1. The number of benzene rings is 1. The third-order valence-corrected chi connectivity index (χ3v) is 8.94. The zero-order chi connectivity index (χ0) is 31.6. The summed E-state index contributed by atoms with van der Waals surface area (Å²) in [7, 11) is 3.24. The number of nitrogens with zero attached hydrogens (tertiary/aromatic N) is 6. The van der Waals surface area contributed by atoms with Crippen LogP contribution in [0.1, 0.15) is 53.4 Å². The molecular formula is C32H41BrN6O5. The van der Waals surface area contributed by atoms with Gasteiger partial charge in [-0.3, -0.25) is 4.79 Å². The molecule has 0 radical (unpaired) electrons. The Hall–Kier alpha value is -3.67. The van der Waals surface area contributed by atoms with Crippen LogP contribution in [0.5, 0.6) is 0 Å². The number of methoxy groups -OCH3 is 1. The fraction of sp³-hybridized carbons (Fsp3) is 0.531. The summed E-state index contributed by atoms with van der Waals surface area (Å²) in [4.78, 5) is 35.8. The van der Waals surface area contributed by atoms with Crippen molar-refractivity contribution in [2.45, 2.75) is 65.0 Å². The highest BCUT2D eigenvalue weighted by molar-refractivity contribution is 9.10. The molecule has 11 nitrogen and oxygen atoms in total. The number of rotatable bonds is 6. The second-order valence-electron chi connectivity index (χ2n) is 12.8. The van der Waals surface area contributed by atoms with Gasteiger partial charge in [-0.15, -0.1) is 10.2 Å². The molecule has 1 unspecified atom stereocenters. The van der Waals surface area contributed by atoms with Gasteiger partial charge in [0.2, 0.25) is 11.8 Å². The molecule has 0 N–H and O–H groups in total. The molecule has 236 valence electrons. The van der Waals surface area contributed by atoms with Gasteiger partial charge in [-0.05, 0) is 83.7 Å². The number of likely N-dealkylation sites (N-methyl/N-ethyl adjacent to an activating group) is 1. The van der Waals surface area contributed by atoms with Crippen LogP contribution in [0.3, 0.4) is 0 Å². The normalized spacial score (nSPS) is 18.6. The Morgan fingerprint density at radius 1 is 1.07 bits per heavy atom. The molecule has 2 aliphatic heterocycles. The molecule has 3 aromatic rings. The maximum Gasteiger partial charge on any atom is 0.410 e. The van der Waals surface area contributed by atoms with E-state index in [1.165, 1.54) is 7.11 Å². The lowest BCUT2D eigenvalue weighted by Crippen LogP contribution is -2.50. The van der Waals surface area contributed by atoms with E-state index in [4.69, 9.17) is 13.9 Å². The average molecular weight is 670 g/mol. The molecule has 1 amide bonds. The lowest BCUT2D eigenvalue weighted by atomic mass is 9.80. The molecule has 1 atom stereocenters. The molecule has 2 aliphatic rings. The molecular weight excluding hydrogens is 628 g/mol. The van der Waals surface area contributed by atoms with Crippen molar-refractivity contribution in [1.82, 2.24) is 20.1 Å². The lowest BCUT2D eigenvalue weighted by molar-refractivity contribution is -0.152. The lowest BCUT2D eigenvalue weighted by Gasteiger charge is -2.39. The summed E-state index contributed by atoms with van der Waals surface area (Å²) in [6, 6.07) is 9.79. The van der Waals surface area contributed by atoms with Crippen molar-refractivity contribution in [3.63, 3.8) is 0 Å². The first-order valence-electron chi connectivity index (χ1n) is 15.0. The van der Waals surface area contributed by atoms with Gasteiger partial charge in [0, 0.05) is 49.5 Å². The van der Waals surface area contributed by atoms with Crippen molar-refractivity contribution in [2.24, 2.45) is 5.41 Å². The number of hydrogen-bond donors (Lipinski definition) is 0. The number of esters is 1. The van der Waals surface area contributed by atoms with E-state index in [0.717, 1.165) is 46.5 Å². The predicted octanol–water partition coefficient (Wildman–Crippen LogP) is 6.18. The molecule has 0 bridgehead atoms. The van der Waals surface area contributed by atoms with E-state index in [9.17, 15) is 9.59 Å². The maximum absolute atomic E-state index is 12.7. The highest BCUT2D eigenvalue weighted by Gasteiger charge is 2.38. The fourth-order valence-electron chi connectivity index (χ4n) is 5.77. The summed E-state index contributed by atoms with van der Waals surface area (Å²) in [5.41, 5.74) is 1.52. The molecule has 5 rings (SSSR count). The Morgan fingerprint density at radius 3 is 2.50 bits per heavy atom. The minimum absolute atomic E-state index is 0.00941. The van der Waals surface area contributed by atoms with Crippen LogP contribution < -0.4 is 9.80 Å². The Morgan fingerprint density at radius 2 is 1.80 bits per heavy atom. The van der Waals surface area contributed by atoms with E-state index in [-0.39, 0.29) is 18.1 Å². The second-order valence-corrected chi connectivity index (χ2v) is 13.8. The van der Waals surface area contributed by atoms with E-state index in [1.54, 1.807) is 18.1 Å². The van der Waals surface area contributed by atoms with Gasteiger partial charge in [0.15, 0.2) is 0 Å². The van der Waals surface area contributed by atoms with Crippen molar-refractivity contribution in [3.8, 4) is 22.9 Å². The standard InChI is InChI=1S/C32H41BrN6O5/c1-31(2,3)44-30(41)37(5)23-8-7-15-39(20-23)26-18-21(11-14-34-26)27-35-36-28(43-27)24-10-9-22(33)19-25(24)38-16-12-32(4,13-17-38)29(40)42-6/h9-11,14,18-19,23H,7-8,12-13,15-17,20H2,1-6H3. The third kappa shape index (κ3) is 7.00. The topological polar surface area (TPSA) is 114 Å². The first-order valence-corrected chi connectivity index (χ1v) is 15.8. The van der Waals surface area contributed by atoms with Crippen molar-refractivity contribution in [2.75, 3.05) is 50.1 Å². The molecule has 4 heterocycles. The largest absolute Gasteiger partial charge is 0.469 e. The van der Waals surface area contributed by atoms with E-state index >= 15 is 0 Å². The SMILES string of the molecule is COC(=O)C1(C)CCN(c2cc(Br)ccc2-c2nnc(-c3ccnc(N4CCCC(N(C)C(=O)OC(C)(C)C)C4)c3)o2)CC1. The van der Waals surface area contributed by atoms with E-state index in [2.05, 4.69) is 40.9 Å². The Kier molecular flexibility index (Phi) is 9.20. The number of carbonyl (C=O) groups is 2. The second kappa shape index (κ2) is 12.7. The summed E-state index contributed by atoms with van der Waals surface area (Å²) >= 11 is 3.61. The monoisotopic (exact) mass is 668 g/mol. The van der Waals surface area contributed by atoms with E-state index < -0.39 is 11.0 Å². The number of carbonyl (C=O) groups excluding carboxylic acids is 2. The smallest absolute Gasteiger partial charge is 0.410 e. The number of aromatic nitrogens is 3. The number of piperidine rings is 2. The van der Waals surface area contributed by atoms with Gasteiger partial charge in [-0.2, -0.15) is 0 Å². The number of ether oxygens (including phenoxy) is 2. The van der Waals surface area contributed by atoms with Gasteiger partial charge < -0.3 is 28.6 Å². The Balaban J connectivity index is 1.33. The highest BCUT2D eigenvalue weighted by atomic mass is 79.9. The zero-order valence-electron chi connectivity index (χ0n) is 26.3. The van der Waals surface area contributed by atoms with Gasteiger partial charge in [0.1, 0.15) is 11.4 Å². The van der Waals surface area contributed by atoms with Crippen LogP contribution >= 0.6 is 15.9 Å². The van der Waals surface area contributed by atoms with Gasteiger partial charge in [0.05, 0.1) is 29.8 Å². The number of pyridine rings is 1. The fourth-order valence-corrected chi connectivity index (χ4v) is 6.12. The van der Waals surface area contributed by atoms with Crippen molar-refractivity contribution < 1.29 is 23.5 Å². The summed E-state index contributed by atoms with van der Waals surface area (Å²) < 4.78 is 17.8. The minimum atomic E-state index is -0.546. The van der Waals surface area contributed by atoms with Crippen LogP contribution in [0, 0.1) is 5.41 Å². The first-order chi connectivity index (χ1) is 20.9. The summed E-state index contributed by atoms with van der Waals surface area (Å²) in [5, 5.41) is 8.81. The number of hydrogen-bond acceptors (Lipinski definition) is 10. The minimum Gasteiger partial charge on any atom is -0.469 e. The quantitative estimate of drug-likeness (QED) is 0.282. The number of amides is 1. The zero-order valence-corrected chi connectivity index (χ0v) is 27.9. The molecule has 0 spiro atoms. The van der Waals surface area contributed by atoms with Crippen LogP contribution in [0.15, 0.2) is 45.4 Å². The predicted molar refractivity (Wildman–Crippen MR) is 171 cm³/mol. The summed E-state index contributed by atoms with van der Waals surface area (Å²) in [5.74, 6) is 1.43. The van der Waals surface area contributed by atoms with Crippen LogP contribution in [-0.2, 0) is 14.3 Å². The van der Waals surface area contributed by atoms with Gasteiger partial charge in [-0.25, -0.2) is 9.78 Å². The highest BCUT2D eigenvalue weighted by Crippen LogP contribution is 2.39. The van der Waals surface area contributed by atoms with Gasteiger partial charge >= 0.3 is 12.1 Å². The molecule has 44 heavy (non-hydrogen) atoms. The van der Waals surface area contributed by atoms with Crippen LogP contribution in [0.4, 0.5) is 16.3 Å². The molecule has 2 saturated heterocycles. The van der Waals surface area contributed by atoms with Crippen molar-refractivity contribution >= 4 is 39.5 Å².